The number of aryl methyl sites for hydroxylation is 2. The average Bonchev–Trinajstić information content (AvgIpc) is 2.74. The first-order valence-corrected chi connectivity index (χ1v) is 9.48. The van der Waals surface area contributed by atoms with Gasteiger partial charge in [0.25, 0.3) is 5.56 Å². The molecule has 0 N–H and O–H groups in total. The number of benzene rings is 3. The SMILES string of the molecule is COc1cccc(/C=C/c2nc3ccccc3c(=O)n2-c2ccc(C)c(C)c2)c1. The van der Waals surface area contributed by atoms with Crippen LogP contribution >= 0.6 is 0 Å². The fraction of sp³-hybridized carbons (Fsp3) is 0.120. The van der Waals surface area contributed by atoms with E-state index in [2.05, 4.69) is 6.92 Å². The Morgan fingerprint density at radius 2 is 1.72 bits per heavy atom. The van der Waals surface area contributed by atoms with Crippen molar-refractivity contribution in [2.45, 2.75) is 13.8 Å². The molecule has 3 aromatic carbocycles. The number of methoxy groups -OCH3 is 1. The van der Waals surface area contributed by atoms with Crippen LogP contribution in [0.2, 0.25) is 0 Å². The van der Waals surface area contributed by atoms with Gasteiger partial charge in [0.15, 0.2) is 0 Å². The summed E-state index contributed by atoms with van der Waals surface area (Å²) in [4.78, 5) is 18.1. The zero-order valence-electron chi connectivity index (χ0n) is 16.7. The van der Waals surface area contributed by atoms with Crippen LogP contribution in [0.1, 0.15) is 22.5 Å². The van der Waals surface area contributed by atoms with Gasteiger partial charge in [0.05, 0.1) is 23.7 Å². The van der Waals surface area contributed by atoms with Crippen LogP contribution in [0.25, 0.3) is 28.7 Å². The van der Waals surface area contributed by atoms with E-state index < -0.39 is 0 Å². The second-order valence-corrected chi connectivity index (χ2v) is 7.01. The lowest BCUT2D eigenvalue weighted by Gasteiger charge is -2.13. The van der Waals surface area contributed by atoms with Crippen molar-refractivity contribution in [1.82, 2.24) is 9.55 Å². The third kappa shape index (κ3) is 3.69. The molecule has 1 heterocycles. The second kappa shape index (κ2) is 7.76. The maximum absolute atomic E-state index is 13.3. The van der Waals surface area contributed by atoms with E-state index in [-0.39, 0.29) is 5.56 Å². The third-order valence-corrected chi connectivity index (χ3v) is 5.07. The molecule has 0 atom stereocenters. The summed E-state index contributed by atoms with van der Waals surface area (Å²) in [7, 11) is 1.64. The Morgan fingerprint density at radius 3 is 2.52 bits per heavy atom. The van der Waals surface area contributed by atoms with Gasteiger partial charge in [-0.15, -0.1) is 0 Å². The van der Waals surface area contributed by atoms with Crippen LogP contribution in [-0.2, 0) is 0 Å². The zero-order chi connectivity index (χ0) is 20.4. The van der Waals surface area contributed by atoms with Crippen LogP contribution in [0.3, 0.4) is 0 Å². The maximum Gasteiger partial charge on any atom is 0.266 e. The lowest BCUT2D eigenvalue weighted by atomic mass is 10.1. The zero-order valence-corrected chi connectivity index (χ0v) is 16.7. The van der Waals surface area contributed by atoms with Crippen molar-refractivity contribution in [1.29, 1.82) is 0 Å². The standard InChI is InChI=1S/C25H22N2O2/c1-17-11-13-20(15-18(17)2)27-24(14-12-19-7-6-8-21(16-19)29-3)26-23-10-5-4-9-22(23)25(27)28/h4-16H,1-3H3/b14-12+. The summed E-state index contributed by atoms with van der Waals surface area (Å²) in [5.74, 6) is 1.37. The first-order valence-electron chi connectivity index (χ1n) is 9.48. The summed E-state index contributed by atoms with van der Waals surface area (Å²) in [5, 5.41) is 0.601. The van der Waals surface area contributed by atoms with Gasteiger partial charge in [0, 0.05) is 0 Å². The van der Waals surface area contributed by atoms with E-state index in [0.29, 0.717) is 16.7 Å². The molecular formula is C25H22N2O2. The van der Waals surface area contributed by atoms with Crippen molar-refractivity contribution in [3.05, 3.63) is 99.6 Å². The molecule has 4 nitrogen and oxygen atoms in total. The van der Waals surface area contributed by atoms with E-state index in [9.17, 15) is 4.79 Å². The molecule has 0 bridgehead atoms. The third-order valence-electron chi connectivity index (χ3n) is 5.07. The number of hydrogen-bond acceptors (Lipinski definition) is 3. The highest BCUT2D eigenvalue weighted by Crippen LogP contribution is 2.19. The van der Waals surface area contributed by atoms with Crippen LogP contribution in [-0.4, -0.2) is 16.7 Å². The monoisotopic (exact) mass is 382 g/mol. The summed E-state index contributed by atoms with van der Waals surface area (Å²) >= 11 is 0. The molecule has 29 heavy (non-hydrogen) atoms. The Hall–Kier alpha value is -3.66. The Labute approximate surface area is 169 Å². The number of ether oxygens (including phenoxy) is 1. The summed E-state index contributed by atoms with van der Waals surface area (Å²) in [5.41, 5.74) is 4.70. The Balaban J connectivity index is 1.92. The topological polar surface area (TPSA) is 44.1 Å². The van der Waals surface area contributed by atoms with Gasteiger partial charge in [0.1, 0.15) is 11.6 Å². The molecule has 4 aromatic rings. The normalized spacial score (nSPS) is 11.3. The minimum absolute atomic E-state index is 0.0795. The molecule has 0 unspecified atom stereocenters. The highest BCUT2D eigenvalue weighted by atomic mass is 16.5. The Kier molecular flexibility index (Phi) is 5.00. The summed E-state index contributed by atoms with van der Waals surface area (Å²) in [6.45, 7) is 4.11. The van der Waals surface area contributed by atoms with Crippen molar-refractivity contribution >= 4 is 23.1 Å². The molecule has 4 rings (SSSR count). The smallest absolute Gasteiger partial charge is 0.266 e. The van der Waals surface area contributed by atoms with E-state index >= 15 is 0 Å². The van der Waals surface area contributed by atoms with E-state index in [1.807, 2.05) is 85.8 Å². The molecule has 144 valence electrons. The van der Waals surface area contributed by atoms with Crippen molar-refractivity contribution in [2.24, 2.45) is 0 Å². The fourth-order valence-corrected chi connectivity index (χ4v) is 3.29. The molecule has 0 spiro atoms. The fourth-order valence-electron chi connectivity index (χ4n) is 3.29. The Morgan fingerprint density at radius 1 is 0.897 bits per heavy atom. The minimum Gasteiger partial charge on any atom is -0.497 e. The molecule has 0 aliphatic rings. The maximum atomic E-state index is 13.3. The van der Waals surface area contributed by atoms with Crippen molar-refractivity contribution in [2.75, 3.05) is 7.11 Å². The predicted octanol–water partition coefficient (Wildman–Crippen LogP) is 5.18. The van der Waals surface area contributed by atoms with Crippen LogP contribution in [0.15, 0.2) is 71.5 Å². The molecule has 0 aliphatic carbocycles. The number of fused-ring (bicyclic) bond motifs is 1. The number of hydrogen-bond donors (Lipinski definition) is 0. The molecule has 0 saturated heterocycles. The first-order chi connectivity index (χ1) is 14.1. The van der Waals surface area contributed by atoms with Crippen molar-refractivity contribution in [3.63, 3.8) is 0 Å². The van der Waals surface area contributed by atoms with Crippen molar-refractivity contribution < 1.29 is 4.74 Å². The molecule has 0 radical (unpaired) electrons. The van der Waals surface area contributed by atoms with Crippen LogP contribution in [0.4, 0.5) is 0 Å². The van der Waals surface area contributed by atoms with Gasteiger partial charge in [-0.1, -0.05) is 36.4 Å². The predicted molar refractivity (Wildman–Crippen MR) is 119 cm³/mol. The molecule has 0 amide bonds. The van der Waals surface area contributed by atoms with Gasteiger partial charge >= 0.3 is 0 Å². The molecule has 0 aliphatic heterocycles. The van der Waals surface area contributed by atoms with Crippen LogP contribution in [0.5, 0.6) is 5.75 Å². The molecule has 1 aromatic heterocycles. The highest BCUT2D eigenvalue weighted by Gasteiger charge is 2.11. The number of aromatic nitrogens is 2. The minimum atomic E-state index is -0.0795. The lowest BCUT2D eigenvalue weighted by molar-refractivity contribution is 0.414. The number of rotatable bonds is 4. The van der Waals surface area contributed by atoms with Gasteiger partial charge in [-0.05, 0) is 73.0 Å². The van der Waals surface area contributed by atoms with Gasteiger partial charge in [-0.25, -0.2) is 4.98 Å². The van der Waals surface area contributed by atoms with E-state index in [1.54, 1.807) is 11.7 Å². The van der Waals surface area contributed by atoms with Gasteiger partial charge in [0.2, 0.25) is 0 Å². The molecule has 0 fully saturated rings. The molecule has 0 saturated carbocycles. The lowest BCUT2D eigenvalue weighted by Crippen LogP contribution is -2.22. The van der Waals surface area contributed by atoms with Gasteiger partial charge < -0.3 is 4.74 Å². The van der Waals surface area contributed by atoms with Gasteiger partial charge in [-0.3, -0.25) is 9.36 Å². The van der Waals surface area contributed by atoms with Crippen LogP contribution < -0.4 is 10.3 Å². The number of para-hydroxylation sites is 1. The molecular weight excluding hydrogens is 360 g/mol. The van der Waals surface area contributed by atoms with E-state index in [1.165, 1.54) is 5.56 Å². The largest absolute Gasteiger partial charge is 0.497 e. The van der Waals surface area contributed by atoms with Crippen molar-refractivity contribution in [3.8, 4) is 11.4 Å². The molecule has 4 heteroatoms. The number of nitrogens with zero attached hydrogens (tertiary/aromatic N) is 2. The summed E-state index contributed by atoms with van der Waals surface area (Å²) in [6, 6.07) is 21.2. The van der Waals surface area contributed by atoms with E-state index in [0.717, 1.165) is 22.6 Å². The quantitative estimate of drug-likeness (QED) is 0.488. The van der Waals surface area contributed by atoms with Crippen LogP contribution in [0, 0.1) is 13.8 Å². The van der Waals surface area contributed by atoms with E-state index in [4.69, 9.17) is 9.72 Å². The second-order valence-electron chi connectivity index (χ2n) is 7.01. The average molecular weight is 382 g/mol. The Bertz CT molecular complexity index is 1290. The first kappa shape index (κ1) is 18.7. The highest BCUT2D eigenvalue weighted by molar-refractivity contribution is 5.80. The summed E-state index contributed by atoms with van der Waals surface area (Å²) < 4.78 is 6.97. The van der Waals surface area contributed by atoms with Gasteiger partial charge in [-0.2, -0.15) is 0 Å². The summed E-state index contributed by atoms with van der Waals surface area (Å²) in [6.07, 6.45) is 3.81.